The molecule has 1 aliphatic rings. The van der Waals surface area contributed by atoms with Gasteiger partial charge in [-0.1, -0.05) is 24.3 Å². The topological polar surface area (TPSA) is 90.3 Å². The first-order chi connectivity index (χ1) is 13.1. The summed E-state index contributed by atoms with van der Waals surface area (Å²) in [6.07, 6.45) is 0. The number of ether oxygens (including phenoxy) is 2. The zero-order chi connectivity index (χ0) is 19.1. The van der Waals surface area contributed by atoms with Gasteiger partial charge in [0.2, 0.25) is 5.88 Å². The molecule has 0 radical (unpaired) electrons. The number of hydrogen-bond donors (Lipinski definition) is 1. The van der Waals surface area contributed by atoms with Crippen molar-refractivity contribution in [3.63, 3.8) is 0 Å². The highest BCUT2D eigenvalue weighted by atomic mass is 16.5. The molecule has 0 aliphatic carbocycles. The van der Waals surface area contributed by atoms with Gasteiger partial charge in [-0.3, -0.25) is 4.79 Å². The van der Waals surface area contributed by atoms with Crippen LogP contribution in [0.5, 0.6) is 11.5 Å². The molecule has 0 unspecified atom stereocenters. The van der Waals surface area contributed by atoms with Crippen LogP contribution in [-0.4, -0.2) is 11.7 Å². The van der Waals surface area contributed by atoms with Crippen molar-refractivity contribution in [1.29, 1.82) is 5.26 Å². The van der Waals surface area contributed by atoms with E-state index in [-0.39, 0.29) is 17.0 Å². The van der Waals surface area contributed by atoms with E-state index >= 15 is 0 Å². The van der Waals surface area contributed by atoms with E-state index in [4.69, 9.17) is 15.2 Å². The van der Waals surface area contributed by atoms with Crippen LogP contribution >= 0.6 is 0 Å². The number of methoxy groups -OCH3 is 1. The normalized spacial score (nSPS) is 15.8. The molecule has 1 aromatic heterocycles. The predicted octanol–water partition coefficient (Wildman–Crippen LogP) is 2.77. The van der Waals surface area contributed by atoms with Crippen molar-refractivity contribution in [1.82, 2.24) is 4.57 Å². The van der Waals surface area contributed by atoms with Gasteiger partial charge in [0.05, 0.1) is 24.1 Å². The second kappa shape index (κ2) is 6.22. The number of fused-ring (bicyclic) bond motifs is 3. The number of pyridine rings is 1. The maximum absolute atomic E-state index is 13.2. The van der Waals surface area contributed by atoms with Crippen LogP contribution in [0.25, 0.3) is 10.9 Å². The highest BCUT2D eigenvalue weighted by molar-refractivity contribution is 5.88. The van der Waals surface area contributed by atoms with Crippen molar-refractivity contribution in [2.24, 2.45) is 12.8 Å². The van der Waals surface area contributed by atoms with E-state index in [9.17, 15) is 10.1 Å². The highest BCUT2D eigenvalue weighted by Crippen LogP contribution is 2.43. The summed E-state index contributed by atoms with van der Waals surface area (Å²) in [6, 6.07) is 16.8. The second-order valence-corrected chi connectivity index (χ2v) is 6.33. The minimum Gasteiger partial charge on any atom is -0.497 e. The highest BCUT2D eigenvalue weighted by Gasteiger charge is 2.35. The Balaban J connectivity index is 2.11. The van der Waals surface area contributed by atoms with E-state index in [0.29, 0.717) is 17.1 Å². The lowest BCUT2D eigenvalue weighted by molar-refractivity contribution is 0.395. The zero-order valence-corrected chi connectivity index (χ0v) is 14.9. The fourth-order valence-corrected chi connectivity index (χ4v) is 3.58. The first-order valence-corrected chi connectivity index (χ1v) is 8.40. The Morgan fingerprint density at radius 3 is 2.74 bits per heavy atom. The Labute approximate surface area is 155 Å². The molecule has 0 amide bonds. The molecule has 0 saturated carbocycles. The fourth-order valence-electron chi connectivity index (χ4n) is 3.58. The van der Waals surface area contributed by atoms with Crippen LogP contribution < -0.4 is 20.8 Å². The van der Waals surface area contributed by atoms with E-state index in [2.05, 4.69) is 6.07 Å². The number of aromatic nitrogens is 1. The summed E-state index contributed by atoms with van der Waals surface area (Å²) in [5, 5.41) is 10.5. The van der Waals surface area contributed by atoms with Crippen LogP contribution in [0, 0.1) is 11.3 Å². The number of allylic oxidation sites excluding steroid dienone is 1. The quantitative estimate of drug-likeness (QED) is 0.760. The standard InChI is InChI=1S/C21H17N3O3/c1-24-16-9-4-3-8-14(16)19-18(21(24)25)17(15(11-22)20(23)27-19)12-6-5-7-13(10-12)26-2/h3-10,17H,23H2,1-2H3/t17-/m1/s1. The van der Waals surface area contributed by atoms with Crippen LogP contribution in [0.1, 0.15) is 17.0 Å². The van der Waals surface area contributed by atoms with Crippen LogP contribution in [0.2, 0.25) is 0 Å². The molecule has 27 heavy (non-hydrogen) atoms. The summed E-state index contributed by atoms with van der Waals surface area (Å²) in [4.78, 5) is 13.2. The van der Waals surface area contributed by atoms with Crippen LogP contribution in [0.15, 0.2) is 64.8 Å². The largest absolute Gasteiger partial charge is 0.497 e. The van der Waals surface area contributed by atoms with Gasteiger partial charge >= 0.3 is 0 Å². The summed E-state index contributed by atoms with van der Waals surface area (Å²) < 4.78 is 12.7. The van der Waals surface area contributed by atoms with Gasteiger partial charge in [-0.25, -0.2) is 0 Å². The maximum atomic E-state index is 13.2. The summed E-state index contributed by atoms with van der Waals surface area (Å²) in [6.45, 7) is 0. The van der Waals surface area contributed by atoms with E-state index in [1.165, 1.54) is 0 Å². The third-order valence-electron chi connectivity index (χ3n) is 4.89. The van der Waals surface area contributed by atoms with Crippen molar-refractivity contribution < 1.29 is 9.47 Å². The number of benzene rings is 2. The van der Waals surface area contributed by atoms with E-state index in [0.717, 1.165) is 16.5 Å². The number of hydrogen-bond acceptors (Lipinski definition) is 5. The monoisotopic (exact) mass is 359 g/mol. The Morgan fingerprint density at radius 2 is 2.00 bits per heavy atom. The van der Waals surface area contributed by atoms with Gasteiger partial charge in [0.25, 0.3) is 5.56 Å². The first-order valence-electron chi connectivity index (χ1n) is 8.40. The number of nitriles is 1. The van der Waals surface area contributed by atoms with Crippen LogP contribution in [0.4, 0.5) is 0 Å². The van der Waals surface area contributed by atoms with Gasteiger partial charge in [0, 0.05) is 12.4 Å². The molecule has 1 aliphatic heterocycles. The molecule has 2 heterocycles. The molecule has 6 nitrogen and oxygen atoms in total. The Morgan fingerprint density at radius 1 is 1.22 bits per heavy atom. The Kier molecular flexibility index (Phi) is 3.85. The summed E-state index contributed by atoms with van der Waals surface area (Å²) in [7, 11) is 3.28. The summed E-state index contributed by atoms with van der Waals surface area (Å²) in [5.74, 6) is 0.417. The minimum atomic E-state index is -0.628. The smallest absolute Gasteiger partial charge is 0.258 e. The van der Waals surface area contributed by atoms with Crippen molar-refractivity contribution in [3.05, 3.63) is 81.5 Å². The van der Waals surface area contributed by atoms with Crippen molar-refractivity contribution in [2.45, 2.75) is 5.92 Å². The SMILES string of the molecule is COc1cccc([C@@H]2C(C#N)=C(N)Oc3c2c(=O)n(C)c2ccccc32)c1. The number of aryl methyl sites for hydroxylation is 1. The molecule has 2 aromatic carbocycles. The van der Waals surface area contributed by atoms with Gasteiger partial charge < -0.3 is 19.8 Å². The first kappa shape index (κ1) is 16.7. The number of nitrogens with zero attached hydrogens (tertiary/aromatic N) is 2. The van der Waals surface area contributed by atoms with Gasteiger partial charge in [-0.05, 0) is 29.8 Å². The molecule has 1 atom stereocenters. The number of nitrogens with two attached hydrogens (primary N) is 1. The predicted molar refractivity (Wildman–Crippen MR) is 101 cm³/mol. The lowest BCUT2D eigenvalue weighted by atomic mass is 9.83. The summed E-state index contributed by atoms with van der Waals surface area (Å²) in [5.41, 5.74) is 7.94. The third kappa shape index (κ3) is 2.44. The second-order valence-electron chi connectivity index (χ2n) is 6.33. The van der Waals surface area contributed by atoms with Crippen LogP contribution in [0.3, 0.4) is 0 Å². The lowest BCUT2D eigenvalue weighted by Gasteiger charge is -2.27. The molecule has 4 rings (SSSR count). The van der Waals surface area contributed by atoms with Gasteiger partial charge in [0.15, 0.2) is 0 Å². The molecule has 6 heteroatoms. The molecule has 0 bridgehead atoms. The van der Waals surface area contributed by atoms with E-state index in [1.807, 2.05) is 36.4 Å². The number of para-hydroxylation sites is 1. The zero-order valence-electron chi connectivity index (χ0n) is 14.9. The lowest BCUT2D eigenvalue weighted by Crippen LogP contribution is -2.31. The van der Waals surface area contributed by atoms with Crippen LogP contribution in [-0.2, 0) is 7.05 Å². The van der Waals surface area contributed by atoms with Crippen molar-refractivity contribution >= 4 is 10.9 Å². The van der Waals surface area contributed by atoms with Gasteiger partial charge in [0.1, 0.15) is 23.1 Å². The van der Waals surface area contributed by atoms with Gasteiger partial charge in [-0.2, -0.15) is 5.26 Å². The molecule has 0 fully saturated rings. The van der Waals surface area contributed by atoms with E-state index < -0.39 is 5.92 Å². The van der Waals surface area contributed by atoms with Gasteiger partial charge in [-0.15, -0.1) is 0 Å². The summed E-state index contributed by atoms with van der Waals surface area (Å²) >= 11 is 0. The average molecular weight is 359 g/mol. The minimum absolute atomic E-state index is 0.0104. The van der Waals surface area contributed by atoms with E-state index in [1.54, 1.807) is 30.9 Å². The molecule has 0 saturated heterocycles. The molecule has 3 aromatic rings. The van der Waals surface area contributed by atoms with Crippen molar-refractivity contribution in [3.8, 4) is 17.6 Å². The molecule has 0 spiro atoms. The molecular formula is C21H17N3O3. The third-order valence-corrected chi connectivity index (χ3v) is 4.89. The maximum Gasteiger partial charge on any atom is 0.258 e. The molecular weight excluding hydrogens is 342 g/mol. The Hall–Kier alpha value is -3.72. The number of rotatable bonds is 2. The Bertz CT molecular complexity index is 1200. The fraction of sp³-hybridized carbons (Fsp3) is 0.143. The average Bonchev–Trinajstić information content (AvgIpc) is 2.71. The molecule has 134 valence electrons. The molecule has 2 N–H and O–H groups in total. The van der Waals surface area contributed by atoms with Crippen molar-refractivity contribution in [2.75, 3.05) is 7.11 Å².